The number of carbonyl (C=O) groups excluding carboxylic acids is 1. The molecule has 14 heteroatoms. The summed E-state index contributed by atoms with van der Waals surface area (Å²) in [5.74, 6) is -0.748. The first-order valence-electron chi connectivity index (χ1n) is 10.1. The number of carbonyl (C=O) groups is 1. The van der Waals surface area contributed by atoms with Gasteiger partial charge in [-0.15, -0.1) is 0 Å². The van der Waals surface area contributed by atoms with E-state index in [0.29, 0.717) is 0 Å². The molecule has 0 saturated heterocycles. The predicted molar refractivity (Wildman–Crippen MR) is 115 cm³/mol. The van der Waals surface area contributed by atoms with E-state index in [1.165, 1.54) is 24.3 Å². The Hall–Kier alpha value is -1.81. The summed E-state index contributed by atoms with van der Waals surface area (Å²) in [6.45, 7) is 5.96. The van der Waals surface area contributed by atoms with Crippen LogP contribution in [0.1, 0.15) is 44.5 Å². The van der Waals surface area contributed by atoms with Crippen molar-refractivity contribution in [3.05, 3.63) is 39.9 Å². The van der Waals surface area contributed by atoms with Crippen LogP contribution in [0.5, 0.6) is 0 Å². The SMILES string of the molecule is CCOP(=O)(OCC)C1(P(=O)(OCC)OCC)CC(C(=O)c2ccccc2[N+](=O)[O-])N=N1. The summed E-state index contributed by atoms with van der Waals surface area (Å²) < 4.78 is 49.4. The molecule has 0 spiro atoms. The maximum atomic E-state index is 13.9. The zero-order valence-electron chi connectivity index (χ0n) is 18.3. The maximum absolute atomic E-state index is 13.9. The third-order valence-corrected chi connectivity index (χ3v) is 10.7. The molecule has 0 aliphatic carbocycles. The van der Waals surface area contributed by atoms with E-state index in [-0.39, 0.29) is 32.0 Å². The van der Waals surface area contributed by atoms with E-state index >= 15 is 0 Å². The van der Waals surface area contributed by atoms with E-state index in [4.69, 9.17) is 18.1 Å². The maximum Gasteiger partial charge on any atom is 0.372 e. The van der Waals surface area contributed by atoms with Gasteiger partial charge in [0.15, 0.2) is 5.78 Å². The van der Waals surface area contributed by atoms with Crippen LogP contribution in [0.2, 0.25) is 0 Å². The number of nitro groups is 1. The first-order chi connectivity index (χ1) is 15.1. The fourth-order valence-electron chi connectivity index (χ4n) is 3.32. The number of ketones is 1. The number of rotatable bonds is 13. The van der Waals surface area contributed by atoms with Crippen molar-refractivity contribution in [3.63, 3.8) is 0 Å². The normalized spacial score (nSPS) is 18.1. The number of para-hydroxylation sites is 1. The lowest BCUT2D eigenvalue weighted by Gasteiger charge is -2.36. The average Bonchev–Trinajstić information content (AvgIpc) is 3.22. The van der Waals surface area contributed by atoms with Crippen LogP contribution in [0.15, 0.2) is 34.5 Å². The number of azo groups is 1. The molecule has 1 atom stereocenters. The molecule has 12 nitrogen and oxygen atoms in total. The van der Waals surface area contributed by atoms with Gasteiger partial charge < -0.3 is 18.1 Å². The minimum Gasteiger partial charge on any atom is -0.307 e. The molecular formula is C18H27N3O9P2. The van der Waals surface area contributed by atoms with Gasteiger partial charge >= 0.3 is 15.2 Å². The smallest absolute Gasteiger partial charge is 0.307 e. The van der Waals surface area contributed by atoms with Crippen LogP contribution in [-0.2, 0) is 27.2 Å². The van der Waals surface area contributed by atoms with Crippen LogP contribution in [-0.4, -0.2) is 48.2 Å². The molecule has 178 valence electrons. The van der Waals surface area contributed by atoms with Crippen molar-refractivity contribution in [2.45, 2.75) is 45.2 Å². The zero-order valence-corrected chi connectivity index (χ0v) is 20.1. The summed E-state index contributed by atoms with van der Waals surface area (Å²) in [4.78, 5) is 23.8. The zero-order chi connectivity index (χ0) is 24.0. The summed E-state index contributed by atoms with van der Waals surface area (Å²) in [6, 6.07) is 4.02. The van der Waals surface area contributed by atoms with Crippen molar-refractivity contribution < 1.29 is 36.9 Å². The Bertz CT molecular complexity index is 919. The van der Waals surface area contributed by atoms with E-state index in [2.05, 4.69) is 10.2 Å². The van der Waals surface area contributed by atoms with Crippen LogP contribution >= 0.6 is 15.2 Å². The Morgan fingerprint density at radius 2 is 1.50 bits per heavy atom. The van der Waals surface area contributed by atoms with Crippen molar-refractivity contribution in [1.82, 2.24) is 0 Å². The summed E-state index contributed by atoms with van der Waals surface area (Å²) in [5.41, 5.74) is -0.622. The van der Waals surface area contributed by atoms with E-state index in [1.54, 1.807) is 27.7 Å². The Morgan fingerprint density at radius 1 is 1.03 bits per heavy atom. The minimum absolute atomic E-state index is 0.0738. The summed E-state index contributed by atoms with van der Waals surface area (Å²) in [7, 11) is -8.68. The van der Waals surface area contributed by atoms with Gasteiger partial charge in [-0.1, -0.05) is 12.1 Å². The van der Waals surface area contributed by atoms with Gasteiger partial charge in [0.1, 0.15) is 6.04 Å². The first-order valence-corrected chi connectivity index (χ1v) is 13.2. The molecule has 2 rings (SSSR count). The Kier molecular flexibility index (Phi) is 8.98. The largest absolute Gasteiger partial charge is 0.372 e. The first kappa shape index (κ1) is 26.4. The van der Waals surface area contributed by atoms with Gasteiger partial charge in [-0.3, -0.25) is 24.0 Å². The van der Waals surface area contributed by atoms with Crippen LogP contribution < -0.4 is 0 Å². The third-order valence-electron chi connectivity index (χ3n) is 4.57. The molecule has 0 N–H and O–H groups in total. The highest BCUT2D eigenvalue weighted by molar-refractivity contribution is 7.74. The molecule has 0 saturated carbocycles. The summed E-state index contributed by atoms with van der Waals surface area (Å²) in [5, 5.41) is 17.0. The van der Waals surface area contributed by atoms with Gasteiger partial charge in [0.25, 0.3) is 10.7 Å². The lowest BCUT2D eigenvalue weighted by molar-refractivity contribution is -0.385. The summed E-state index contributed by atoms with van der Waals surface area (Å²) >= 11 is 0. The van der Waals surface area contributed by atoms with Crippen molar-refractivity contribution in [3.8, 4) is 0 Å². The standard InChI is InChI=1S/C18H27N3O9P2/c1-5-27-31(25,28-6-2)18(32(26,29-7-3)30-8-4)13-15(19-20-18)17(22)14-11-9-10-12-16(14)21(23)24/h9-12,15H,5-8,13H2,1-4H3. The van der Waals surface area contributed by atoms with Crippen molar-refractivity contribution in [2.75, 3.05) is 26.4 Å². The molecule has 1 heterocycles. The number of nitrogens with zero attached hydrogens (tertiary/aromatic N) is 3. The van der Waals surface area contributed by atoms with Crippen LogP contribution in [0.4, 0.5) is 5.69 Å². The molecule has 1 unspecified atom stereocenters. The molecule has 1 aliphatic rings. The van der Waals surface area contributed by atoms with E-state index in [1.807, 2.05) is 0 Å². The van der Waals surface area contributed by atoms with Gasteiger partial charge in [0.05, 0.1) is 36.9 Å². The van der Waals surface area contributed by atoms with E-state index < -0.39 is 49.1 Å². The van der Waals surface area contributed by atoms with Gasteiger partial charge in [-0.2, -0.15) is 10.2 Å². The summed E-state index contributed by atoms with van der Waals surface area (Å²) in [6.07, 6.45) is -0.494. The highest BCUT2D eigenvalue weighted by Gasteiger charge is 2.70. The van der Waals surface area contributed by atoms with Crippen molar-refractivity contribution in [1.29, 1.82) is 0 Å². The second-order valence-corrected chi connectivity index (χ2v) is 11.4. The molecule has 0 amide bonds. The number of Topliss-reactive ketones (excluding diaryl/α,β-unsaturated/α-hetero) is 1. The van der Waals surface area contributed by atoms with Crippen molar-refractivity contribution in [2.24, 2.45) is 10.2 Å². The van der Waals surface area contributed by atoms with Gasteiger partial charge in [0, 0.05) is 12.5 Å². The molecule has 0 radical (unpaired) electrons. The molecule has 1 aliphatic heterocycles. The minimum atomic E-state index is -4.34. The number of hydrogen-bond donors (Lipinski definition) is 0. The quantitative estimate of drug-likeness (QED) is 0.157. The van der Waals surface area contributed by atoms with Crippen LogP contribution in [0.25, 0.3) is 0 Å². The topological polar surface area (TPSA) is 156 Å². The van der Waals surface area contributed by atoms with Gasteiger partial charge in [-0.25, -0.2) is 0 Å². The fraction of sp³-hybridized carbons (Fsp3) is 0.611. The lowest BCUT2D eigenvalue weighted by atomic mass is 10.0. The Labute approximate surface area is 185 Å². The van der Waals surface area contributed by atoms with Gasteiger partial charge in [-0.05, 0) is 33.8 Å². The fourth-order valence-corrected chi connectivity index (χ4v) is 8.66. The molecular weight excluding hydrogens is 464 g/mol. The molecule has 1 aromatic rings. The molecule has 0 aromatic heterocycles. The molecule has 32 heavy (non-hydrogen) atoms. The predicted octanol–water partition coefficient (Wildman–Crippen LogP) is 5.19. The number of nitro benzene ring substituents is 1. The second kappa shape index (κ2) is 10.9. The molecule has 0 fully saturated rings. The van der Waals surface area contributed by atoms with Crippen LogP contribution in [0.3, 0.4) is 0 Å². The molecule has 1 aromatic carbocycles. The highest BCUT2D eigenvalue weighted by atomic mass is 31.2. The molecule has 0 bridgehead atoms. The third kappa shape index (κ3) is 4.76. The Balaban J connectivity index is 2.61. The second-order valence-electron chi connectivity index (χ2n) is 6.51. The van der Waals surface area contributed by atoms with E-state index in [0.717, 1.165) is 0 Å². The van der Waals surface area contributed by atoms with Gasteiger partial charge in [0.2, 0.25) is 0 Å². The van der Waals surface area contributed by atoms with E-state index in [9.17, 15) is 24.0 Å². The highest BCUT2D eigenvalue weighted by Crippen LogP contribution is 2.81. The monoisotopic (exact) mass is 491 g/mol. The lowest BCUT2D eigenvalue weighted by Crippen LogP contribution is -2.33. The van der Waals surface area contributed by atoms with Crippen molar-refractivity contribution >= 4 is 26.7 Å². The van der Waals surface area contributed by atoms with Crippen LogP contribution in [0, 0.1) is 10.1 Å². The Morgan fingerprint density at radius 3 is 1.94 bits per heavy atom. The number of hydrogen-bond acceptors (Lipinski definition) is 11. The average molecular weight is 491 g/mol. The number of benzene rings is 1.